The van der Waals surface area contributed by atoms with Crippen molar-refractivity contribution in [3.05, 3.63) is 0 Å². The van der Waals surface area contributed by atoms with E-state index >= 15 is 0 Å². The van der Waals surface area contributed by atoms with Crippen LogP contribution < -0.4 is 11.1 Å². The van der Waals surface area contributed by atoms with Gasteiger partial charge in [-0.25, -0.2) is 4.79 Å². The third-order valence-electron chi connectivity index (χ3n) is 2.98. The summed E-state index contributed by atoms with van der Waals surface area (Å²) in [7, 11) is 1.30. The Morgan fingerprint density at radius 3 is 2.18 bits per heavy atom. The van der Waals surface area contributed by atoms with Crippen LogP contribution in [-0.4, -0.2) is 31.1 Å². The van der Waals surface area contributed by atoms with Crippen molar-refractivity contribution in [3.63, 3.8) is 0 Å². The zero-order chi connectivity index (χ0) is 13.6. The van der Waals surface area contributed by atoms with Gasteiger partial charge in [0.15, 0.2) is 0 Å². The summed E-state index contributed by atoms with van der Waals surface area (Å²) in [4.78, 5) is 23.3. The molecule has 5 heteroatoms. The predicted molar refractivity (Wildman–Crippen MR) is 66.2 cm³/mol. The first-order chi connectivity index (χ1) is 7.84. The minimum atomic E-state index is -0.636. The summed E-state index contributed by atoms with van der Waals surface area (Å²) in [6, 6.07) is -1.23. The highest BCUT2D eigenvalue weighted by molar-refractivity contribution is 5.87. The molecule has 0 saturated carbocycles. The van der Waals surface area contributed by atoms with Crippen molar-refractivity contribution >= 4 is 11.9 Å². The van der Waals surface area contributed by atoms with E-state index < -0.39 is 18.1 Å². The van der Waals surface area contributed by atoms with Gasteiger partial charge in [0.1, 0.15) is 6.04 Å². The molecular formula is C12H24N2O3. The third-order valence-corrected chi connectivity index (χ3v) is 2.98. The van der Waals surface area contributed by atoms with Gasteiger partial charge in [-0.2, -0.15) is 0 Å². The van der Waals surface area contributed by atoms with E-state index in [4.69, 9.17) is 5.73 Å². The maximum absolute atomic E-state index is 11.8. The molecule has 5 nitrogen and oxygen atoms in total. The highest BCUT2D eigenvalue weighted by atomic mass is 16.5. The lowest BCUT2D eigenvalue weighted by Crippen LogP contribution is -2.52. The number of esters is 1. The van der Waals surface area contributed by atoms with Crippen LogP contribution in [0.2, 0.25) is 0 Å². The molecule has 0 spiro atoms. The van der Waals surface area contributed by atoms with E-state index in [2.05, 4.69) is 10.1 Å². The van der Waals surface area contributed by atoms with Gasteiger partial charge in [0.2, 0.25) is 5.91 Å². The molecule has 0 aromatic heterocycles. The van der Waals surface area contributed by atoms with E-state index in [0.717, 1.165) is 6.42 Å². The van der Waals surface area contributed by atoms with E-state index in [-0.39, 0.29) is 17.7 Å². The highest BCUT2D eigenvalue weighted by Gasteiger charge is 2.28. The molecule has 0 fully saturated rings. The number of nitrogens with two attached hydrogens (primary N) is 1. The fourth-order valence-electron chi connectivity index (χ4n) is 1.39. The number of hydrogen-bond acceptors (Lipinski definition) is 4. The van der Waals surface area contributed by atoms with Crippen LogP contribution in [0.1, 0.15) is 34.1 Å². The SMILES string of the molecule is CC[C@@H](C)[C@@H](N)C(=O)N[C@H](C(=O)OC)C(C)C. The predicted octanol–water partition coefficient (Wildman–Crippen LogP) is 0.674. The lowest BCUT2D eigenvalue weighted by atomic mass is 9.98. The zero-order valence-corrected chi connectivity index (χ0v) is 11.3. The molecule has 0 aliphatic carbocycles. The Morgan fingerprint density at radius 1 is 1.29 bits per heavy atom. The van der Waals surface area contributed by atoms with Crippen molar-refractivity contribution in [2.75, 3.05) is 7.11 Å². The molecule has 17 heavy (non-hydrogen) atoms. The van der Waals surface area contributed by atoms with Crippen LogP contribution in [0.4, 0.5) is 0 Å². The number of hydrogen-bond donors (Lipinski definition) is 2. The number of rotatable bonds is 6. The smallest absolute Gasteiger partial charge is 0.328 e. The van der Waals surface area contributed by atoms with Crippen LogP contribution in [0.5, 0.6) is 0 Å². The first kappa shape index (κ1) is 15.9. The Hall–Kier alpha value is -1.10. The fourth-order valence-corrected chi connectivity index (χ4v) is 1.39. The maximum Gasteiger partial charge on any atom is 0.328 e. The first-order valence-electron chi connectivity index (χ1n) is 5.98. The molecule has 3 N–H and O–H groups in total. The van der Waals surface area contributed by atoms with Gasteiger partial charge in [-0.05, 0) is 11.8 Å². The molecule has 1 amide bonds. The number of carbonyl (C=O) groups excluding carboxylic acids is 2. The summed E-state index contributed by atoms with van der Waals surface area (Å²) in [6.07, 6.45) is 0.819. The summed E-state index contributed by atoms with van der Waals surface area (Å²) in [5, 5.41) is 2.64. The van der Waals surface area contributed by atoms with Gasteiger partial charge < -0.3 is 15.8 Å². The Morgan fingerprint density at radius 2 is 1.82 bits per heavy atom. The number of methoxy groups -OCH3 is 1. The number of ether oxygens (including phenoxy) is 1. The van der Waals surface area contributed by atoms with Crippen LogP contribution in [0.25, 0.3) is 0 Å². The van der Waals surface area contributed by atoms with Gasteiger partial charge in [0.05, 0.1) is 13.2 Å². The first-order valence-corrected chi connectivity index (χ1v) is 5.98. The maximum atomic E-state index is 11.8. The topological polar surface area (TPSA) is 81.4 Å². The second kappa shape index (κ2) is 7.27. The van der Waals surface area contributed by atoms with E-state index in [9.17, 15) is 9.59 Å². The molecule has 0 unspecified atom stereocenters. The second-order valence-electron chi connectivity index (χ2n) is 4.66. The standard InChI is InChI=1S/C12H24N2O3/c1-6-8(4)9(13)11(15)14-10(7(2)3)12(16)17-5/h7-10H,6,13H2,1-5H3,(H,14,15)/t8-,9-,10+/m1/s1. The molecule has 0 bridgehead atoms. The summed E-state index contributed by atoms with van der Waals surface area (Å²) in [5.41, 5.74) is 5.80. The van der Waals surface area contributed by atoms with Gasteiger partial charge in [0, 0.05) is 0 Å². The monoisotopic (exact) mass is 244 g/mol. The fraction of sp³-hybridized carbons (Fsp3) is 0.833. The molecule has 0 aliphatic heterocycles. The lowest BCUT2D eigenvalue weighted by Gasteiger charge is -2.24. The molecule has 0 aliphatic rings. The molecule has 0 rings (SSSR count). The van der Waals surface area contributed by atoms with Crippen LogP contribution >= 0.6 is 0 Å². The van der Waals surface area contributed by atoms with Crippen LogP contribution in [-0.2, 0) is 14.3 Å². The molecule has 100 valence electrons. The molecule has 3 atom stereocenters. The lowest BCUT2D eigenvalue weighted by molar-refractivity contribution is -0.146. The third kappa shape index (κ3) is 4.73. The van der Waals surface area contributed by atoms with Crippen molar-refractivity contribution in [1.82, 2.24) is 5.32 Å². The van der Waals surface area contributed by atoms with E-state index in [1.54, 1.807) is 0 Å². The highest BCUT2D eigenvalue weighted by Crippen LogP contribution is 2.08. The van der Waals surface area contributed by atoms with Gasteiger partial charge in [-0.1, -0.05) is 34.1 Å². The molecule has 0 radical (unpaired) electrons. The summed E-state index contributed by atoms with van der Waals surface area (Å²) in [5.74, 6) is -0.691. The van der Waals surface area contributed by atoms with E-state index in [0.29, 0.717) is 0 Å². The average molecular weight is 244 g/mol. The van der Waals surface area contributed by atoms with Crippen molar-refractivity contribution in [1.29, 1.82) is 0 Å². The van der Waals surface area contributed by atoms with E-state index in [1.807, 2.05) is 27.7 Å². The van der Waals surface area contributed by atoms with Gasteiger partial charge >= 0.3 is 5.97 Å². The average Bonchev–Trinajstić information content (AvgIpc) is 2.32. The summed E-state index contributed by atoms with van der Waals surface area (Å²) in [6.45, 7) is 7.57. The molecule has 0 aromatic rings. The quantitative estimate of drug-likeness (QED) is 0.673. The van der Waals surface area contributed by atoms with Crippen molar-refractivity contribution in [2.45, 2.75) is 46.2 Å². The van der Waals surface area contributed by atoms with Crippen LogP contribution in [0.3, 0.4) is 0 Å². The van der Waals surface area contributed by atoms with Crippen LogP contribution in [0, 0.1) is 11.8 Å². The van der Waals surface area contributed by atoms with Crippen molar-refractivity contribution in [3.8, 4) is 0 Å². The summed E-state index contributed by atoms with van der Waals surface area (Å²) < 4.78 is 4.65. The molecular weight excluding hydrogens is 220 g/mol. The van der Waals surface area contributed by atoms with Gasteiger partial charge in [-0.3, -0.25) is 4.79 Å². The second-order valence-corrected chi connectivity index (χ2v) is 4.66. The minimum Gasteiger partial charge on any atom is -0.467 e. The normalized spacial score (nSPS) is 16.2. The Kier molecular flexibility index (Phi) is 6.80. The number of carbonyl (C=O) groups is 2. The number of amides is 1. The molecule has 0 saturated heterocycles. The van der Waals surface area contributed by atoms with Gasteiger partial charge in [-0.15, -0.1) is 0 Å². The molecule has 0 heterocycles. The Labute approximate surface area is 103 Å². The minimum absolute atomic E-state index is 0.0319. The van der Waals surface area contributed by atoms with Crippen molar-refractivity contribution in [2.24, 2.45) is 17.6 Å². The number of nitrogens with one attached hydrogen (secondary N) is 1. The van der Waals surface area contributed by atoms with E-state index in [1.165, 1.54) is 7.11 Å². The largest absolute Gasteiger partial charge is 0.467 e. The zero-order valence-electron chi connectivity index (χ0n) is 11.3. The van der Waals surface area contributed by atoms with Crippen molar-refractivity contribution < 1.29 is 14.3 Å². The van der Waals surface area contributed by atoms with Gasteiger partial charge in [0.25, 0.3) is 0 Å². The van der Waals surface area contributed by atoms with Crippen LogP contribution in [0.15, 0.2) is 0 Å². The summed E-state index contributed by atoms with van der Waals surface area (Å²) >= 11 is 0. The Balaban J connectivity index is 4.56. The molecule has 0 aromatic carbocycles. The Bertz CT molecular complexity index is 266.